The van der Waals surface area contributed by atoms with Crippen LogP contribution in [0, 0.1) is 6.92 Å². The molecule has 0 fully saturated rings. The molecule has 3 rings (SSSR count). The Hall–Kier alpha value is -3.41. The quantitative estimate of drug-likeness (QED) is 0.585. The minimum absolute atomic E-state index is 0.192. The standard InChI is InChI=1S/C23H26N4O2/c1-17-15-21(22(28)24-13-11-18-7-4-3-5-8-18)27-23(26-17)25-14-12-19-9-6-10-20(16-19)29-2/h3-10,15-16H,11-14H2,1-2H3,(H,24,28)(H,25,26,27). The molecule has 0 atom stereocenters. The van der Waals surface area contributed by atoms with E-state index in [0.29, 0.717) is 24.7 Å². The van der Waals surface area contributed by atoms with Crippen LogP contribution in [-0.4, -0.2) is 36.1 Å². The maximum absolute atomic E-state index is 12.5. The van der Waals surface area contributed by atoms with Gasteiger partial charge in [0, 0.05) is 18.8 Å². The second-order valence-electron chi connectivity index (χ2n) is 6.74. The van der Waals surface area contributed by atoms with Gasteiger partial charge in [0.1, 0.15) is 11.4 Å². The van der Waals surface area contributed by atoms with Crippen molar-refractivity contribution in [2.24, 2.45) is 0 Å². The Morgan fingerprint density at radius 2 is 1.69 bits per heavy atom. The Bertz CT molecular complexity index is 945. The van der Waals surface area contributed by atoms with Crippen LogP contribution < -0.4 is 15.4 Å². The number of nitrogens with zero attached hydrogens (tertiary/aromatic N) is 2. The number of methoxy groups -OCH3 is 1. The van der Waals surface area contributed by atoms with Crippen LogP contribution in [-0.2, 0) is 12.8 Å². The fourth-order valence-electron chi connectivity index (χ4n) is 2.97. The molecule has 0 aliphatic rings. The van der Waals surface area contributed by atoms with E-state index in [9.17, 15) is 4.79 Å². The van der Waals surface area contributed by atoms with Gasteiger partial charge >= 0.3 is 0 Å². The third-order valence-electron chi connectivity index (χ3n) is 4.46. The zero-order valence-electron chi connectivity index (χ0n) is 16.8. The number of hydrogen-bond donors (Lipinski definition) is 2. The van der Waals surface area contributed by atoms with Gasteiger partial charge < -0.3 is 15.4 Å². The van der Waals surface area contributed by atoms with E-state index in [2.05, 4.69) is 20.6 Å². The van der Waals surface area contributed by atoms with Gasteiger partial charge in [-0.05, 0) is 49.1 Å². The third-order valence-corrected chi connectivity index (χ3v) is 4.46. The minimum atomic E-state index is -0.192. The fraction of sp³-hybridized carbons (Fsp3) is 0.261. The van der Waals surface area contributed by atoms with Crippen molar-refractivity contribution in [2.75, 3.05) is 25.5 Å². The van der Waals surface area contributed by atoms with Gasteiger partial charge in [-0.1, -0.05) is 42.5 Å². The summed E-state index contributed by atoms with van der Waals surface area (Å²) in [5.41, 5.74) is 3.46. The van der Waals surface area contributed by atoms with Crippen LogP contribution in [0.2, 0.25) is 0 Å². The molecule has 150 valence electrons. The molecule has 2 N–H and O–H groups in total. The first-order valence-electron chi connectivity index (χ1n) is 9.68. The lowest BCUT2D eigenvalue weighted by Gasteiger charge is -2.09. The molecule has 0 bridgehead atoms. The molecule has 1 aromatic heterocycles. The van der Waals surface area contributed by atoms with Crippen LogP contribution in [0.25, 0.3) is 0 Å². The van der Waals surface area contributed by atoms with E-state index in [1.807, 2.05) is 61.5 Å². The smallest absolute Gasteiger partial charge is 0.270 e. The van der Waals surface area contributed by atoms with E-state index in [0.717, 1.165) is 29.8 Å². The second-order valence-corrected chi connectivity index (χ2v) is 6.74. The molecule has 1 heterocycles. The molecule has 0 unspecified atom stereocenters. The predicted molar refractivity (Wildman–Crippen MR) is 114 cm³/mol. The number of hydrogen-bond acceptors (Lipinski definition) is 5. The number of nitrogens with one attached hydrogen (secondary N) is 2. The SMILES string of the molecule is COc1cccc(CCNc2nc(C)cc(C(=O)NCCc3ccccc3)n2)c1. The normalized spacial score (nSPS) is 10.4. The second kappa shape index (κ2) is 10.2. The zero-order chi connectivity index (χ0) is 20.5. The summed E-state index contributed by atoms with van der Waals surface area (Å²) in [6.07, 6.45) is 1.58. The maximum atomic E-state index is 12.5. The first-order chi connectivity index (χ1) is 14.1. The van der Waals surface area contributed by atoms with Gasteiger partial charge in [0.15, 0.2) is 0 Å². The third kappa shape index (κ3) is 6.31. The molecule has 0 saturated carbocycles. The average molecular weight is 390 g/mol. The fourth-order valence-corrected chi connectivity index (χ4v) is 2.97. The Labute approximate surface area is 171 Å². The average Bonchev–Trinajstić information content (AvgIpc) is 2.74. The Balaban J connectivity index is 1.53. The molecule has 3 aromatic rings. The molecule has 0 aliphatic heterocycles. The van der Waals surface area contributed by atoms with Crippen LogP contribution in [0.4, 0.5) is 5.95 Å². The van der Waals surface area contributed by atoms with Crippen molar-refractivity contribution in [3.63, 3.8) is 0 Å². The summed E-state index contributed by atoms with van der Waals surface area (Å²) in [6, 6.07) is 19.7. The van der Waals surface area contributed by atoms with Crippen LogP contribution in [0.5, 0.6) is 5.75 Å². The number of anilines is 1. The largest absolute Gasteiger partial charge is 0.497 e. The highest BCUT2D eigenvalue weighted by Gasteiger charge is 2.10. The number of carbonyl (C=O) groups is 1. The van der Waals surface area contributed by atoms with Crippen molar-refractivity contribution in [3.05, 3.63) is 83.2 Å². The first kappa shape index (κ1) is 20.3. The van der Waals surface area contributed by atoms with E-state index in [1.54, 1.807) is 13.2 Å². The molecule has 0 radical (unpaired) electrons. The van der Waals surface area contributed by atoms with Crippen molar-refractivity contribution in [2.45, 2.75) is 19.8 Å². The molecule has 2 aromatic carbocycles. The monoisotopic (exact) mass is 390 g/mol. The lowest BCUT2D eigenvalue weighted by atomic mass is 10.1. The van der Waals surface area contributed by atoms with Crippen LogP contribution >= 0.6 is 0 Å². The van der Waals surface area contributed by atoms with Gasteiger partial charge in [-0.3, -0.25) is 4.79 Å². The van der Waals surface area contributed by atoms with Crippen LogP contribution in [0.15, 0.2) is 60.7 Å². The topological polar surface area (TPSA) is 76.1 Å². The van der Waals surface area contributed by atoms with E-state index in [-0.39, 0.29) is 5.91 Å². The van der Waals surface area contributed by atoms with E-state index in [4.69, 9.17) is 4.74 Å². The molecular formula is C23H26N4O2. The lowest BCUT2D eigenvalue weighted by Crippen LogP contribution is -2.27. The highest BCUT2D eigenvalue weighted by molar-refractivity contribution is 5.92. The summed E-state index contributed by atoms with van der Waals surface area (Å²) >= 11 is 0. The van der Waals surface area contributed by atoms with Gasteiger partial charge in [0.05, 0.1) is 7.11 Å². The number of carbonyl (C=O) groups excluding carboxylic acids is 1. The Morgan fingerprint density at radius 3 is 2.48 bits per heavy atom. The molecule has 0 spiro atoms. The molecule has 0 aliphatic carbocycles. The highest BCUT2D eigenvalue weighted by Crippen LogP contribution is 2.13. The summed E-state index contributed by atoms with van der Waals surface area (Å²) in [7, 11) is 1.66. The van der Waals surface area contributed by atoms with Crippen molar-refractivity contribution in [3.8, 4) is 5.75 Å². The van der Waals surface area contributed by atoms with Gasteiger partial charge in [-0.2, -0.15) is 0 Å². The summed E-state index contributed by atoms with van der Waals surface area (Å²) in [5.74, 6) is 1.10. The maximum Gasteiger partial charge on any atom is 0.270 e. The molecular weight excluding hydrogens is 364 g/mol. The van der Waals surface area contributed by atoms with Gasteiger partial charge in [0.25, 0.3) is 5.91 Å². The number of amides is 1. The Morgan fingerprint density at radius 1 is 0.931 bits per heavy atom. The molecule has 6 heteroatoms. The highest BCUT2D eigenvalue weighted by atomic mass is 16.5. The minimum Gasteiger partial charge on any atom is -0.497 e. The molecule has 6 nitrogen and oxygen atoms in total. The van der Waals surface area contributed by atoms with E-state index in [1.165, 1.54) is 5.56 Å². The van der Waals surface area contributed by atoms with Gasteiger partial charge in [-0.25, -0.2) is 9.97 Å². The molecule has 0 saturated heterocycles. The number of aryl methyl sites for hydroxylation is 1. The van der Waals surface area contributed by atoms with Gasteiger partial charge in [-0.15, -0.1) is 0 Å². The molecule has 1 amide bonds. The first-order valence-corrected chi connectivity index (χ1v) is 9.68. The van der Waals surface area contributed by atoms with Crippen molar-refractivity contribution in [1.82, 2.24) is 15.3 Å². The lowest BCUT2D eigenvalue weighted by molar-refractivity contribution is 0.0949. The summed E-state index contributed by atoms with van der Waals surface area (Å²) < 4.78 is 5.25. The Kier molecular flexibility index (Phi) is 7.16. The number of ether oxygens (including phenoxy) is 1. The van der Waals surface area contributed by atoms with Crippen LogP contribution in [0.1, 0.15) is 27.3 Å². The predicted octanol–water partition coefficient (Wildman–Crippen LogP) is 3.42. The van der Waals surface area contributed by atoms with Crippen molar-refractivity contribution in [1.29, 1.82) is 0 Å². The number of benzene rings is 2. The number of rotatable bonds is 9. The zero-order valence-corrected chi connectivity index (χ0v) is 16.8. The van der Waals surface area contributed by atoms with Gasteiger partial charge in [0.2, 0.25) is 5.95 Å². The molecule has 29 heavy (non-hydrogen) atoms. The summed E-state index contributed by atoms with van der Waals surface area (Å²) in [5, 5.41) is 6.13. The summed E-state index contributed by atoms with van der Waals surface area (Å²) in [4.78, 5) is 21.2. The summed E-state index contributed by atoms with van der Waals surface area (Å²) in [6.45, 7) is 3.08. The van der Waals surface area contributed by atoms with Crippen molar-refractivity contribution < 1.29 is 9.53 Å². The van der Waals surface area contributed by atoms with E-state index >= 15 is 0 Å². The van der Waals surface area contributed by atoms with Crippen LogP contribution in [0.3, 0.4) is 0 Å². The number of aromatic nitrogens is 2. The van der Waals surface area contributed by atoms with E-state index < -0.39 is 0 Å². The van der Waals surface area contributed by atoms with Crippen molar-refractivity contribution >= 4 is 11.9 Å².